The Bertz CT molecular complexity index is 528. The molecule has 5 nitrogen and oxygen atoms in total. The van der Waals surface area contributed by atoms with Crippen molar-refractivity contribution < 1.29 is 9.90 Å². The lowest BCUT2D eigenvalue weighted by molar-refractivity contribution is 0.0695. The van der Waals surface area contributed by atoms with E-state index in [-0.39, 0.29) is 5.56 Å². The van der Waals surface area contributed by atoms with Gasteiger partial charge in [0, 0.05) is 0 Å². The van der Waals surface area contributed by atoms with Crippen LogP contribution in [0.15, 0.2) is 16.4 Å². The fraction of sp³-hybridized carbons (Fsp3) is 0. The monoisotopic (exact) mass is 196 g/mol. The Kier molecular flexibility index (Phi) is 1.63. The molecule has 0 unspecified atom stereocenters. The van der Waals surface area contributed by atoms with E-state index in [9.17, 15) is 9.59 Å². The van der Waals surface area contributed by atoms with Gasteiger partial charge in [0.05, 0.1) is 11.0 Å². The van der Waals surface area contributed by atoms with E-state index in [1.165, 1.54) is 17.4 Å². The molecule has 0 aliphatic carbocycles. The highest BCUT2D eigenvalue weighted by Gasteiger charge is 2.10. The number of carbonyl (C=O) groups is 1. The molecule has 2 heterocycles. The van der Waals surface area contributed by atoms with Crippen LogP contribution in [0.4, 0.5) is 0 Å². The van der Waals surface area contributed by atoms with Crippen LogP contribution in [0.2, 0.25) is 0 Å². The largest absolute Gasteiger partial charge is 0.477 e. The fourth-order valence-electron chi connectivity index (χ4n) is 0.983. The number of nitrogens with one attached hydrogen (secondary N) is 1. The van der Waals surface area contributed by atoms with Crippen molar-refractivity contribution in [1.29, 1.82) is 0 Å². The maximum atomic E-state index is 11.1. The molecule has 0 bridgehead atoms. The van der Waals surface area contributed by atoms with E-state index in [0.717, 1.165) is 0 Å². The summed E-state index contributed by atoms with van der Waals surface area (Å²) in [6, 6.07) is 1.27. The van der Waals surface area contributed by atoms with Crippen molar-refractivity contribution in [3.05, 3.63) is 27.5 Å². The molecule has 2 aromatic heterocycles. The summed E-state index contributed by atoms with van der Waals surface area (Å²) in [6.07, 6.45) is 0. The van der Waals surface area contributed by atoms with E-state index < -0.39 is 11.5 Å². The topological polar surface area (TPSA) is 83.0 Å². The van der Waals surface area contributed by atoms with Gasteiger partial charge >= 0.3 is 5.97 Å². The average molecular weight is 196 g/mol. The molecule has 0 fully saturated rings. The van der Waals surface area contributed by atoms with Crippen LogP contribution in [0.3, 0.4) is 0 Å². The molecule has 0 aromatic carbocycles. The van der Waals surface area contributed by atoms with Crippen molar-refractivity contribution in [2.45, 2.75) is 0 Å². The number of hydrogen-bond acceptors (Lipinski definition) is 4. The quantitative estimate of drug-likeness (QED) is 0.702. The van der Waals surface area contributed by atoms with E-state index in [0.29, 0.717) is 10.3 Å². The predicted molar refractivity (Wildman–Crippen MR) is 47.2 cm³/mol. The first-order chi connectivity index (χ1) is 6.18. The molecule has 0 aliphatic heterocycles. The number of aromatic amines is 1. The number of thiazole rings is 1. The van der Waals surface area contributed by atoms with Gasteiger partial charge in [-0.05, 0) is 6.07 Å². The average Bonchev–Trinajstić information content (AvgIpc) is 2.48. The summed E-state index contributed by atoms with van der Waals surface area (Å²) in [5.74, 6) is -1.24. The van der Waals surface area contributed by atoms with Crippen LogP contribution in [0, 0.1) is 0 Å². The standard InChI is InChI=1S/C7H4N2O3S/c10-5-3(7(11)12)1-4-6(9-5)13-2-8-4/h1-2H,(H,9,10)(H,11,12). The van der Waals surface area contributed by atoms with Gasteiger partial charge in [-0.3, -0.25) is 4.79 Å². The van der Waals surface area contributed by atoms with Crippen LogP contribution in [0.1, 0.15) is 10.4 Å². The zero-order valence-electron chi connectivity index (χ0n) is 6.27. The lowest BCUT2D eigenvalue weighted by atomic mass is 10.3. The number of aromatic nitrogens is 2. The molecule has 2 rings (SSSR count). The van der Waals surface area contributed by atoms with E-state index in [4.69, 9.17) is 5.11 Å². The first-order valence-electron chi connectivity index (χ1n) is 3.38. The number of aromatic carboxylic acids is 1. The number of carboxylic acid groups (broad SMARTS) is 1. The van der Waals surface area contributed by atoms with Gasteiger partial charge in [0.25, 0.3) is 5.56 Å². The Morgan fingerprint density at radius 3 is 3.08 bits per heavy atom. The van der Waals surface area contributed by atoms with Gasteiger partial charge in [0.1, 0.15) is 10.4 Å². The molecule has 0 atom stereocenters. The van der Waals surface area contributed by atoms with Crippen molar-refractivity contribution >= 4 is 27.7 Å². The SMILES string of the molecule is O=C(O)c1cc2ncsc2[nH]c1=O. The van der Waals surface area contributed by atoms with Crippen LogP contribution in [0.5, 0.6) is 0 Å². The first kappa shape index (κ1) is 7.93. The summed E-state index contributed by atoms with van der Waals surface area (Å²) >= 11 is 1.26. The van der Waals surface area contributed by atoms with Gasteiger partial charge in [0.2, 0.25) is 0 Å². The van der Waals surface area contributed by atoms with Crippen LogP contribution >= 0.6 is 11.3 Å². The first-order valence-corrected chi connectivity index (χ1v) is 4.26. The van der Waals surface area contributed by atoms with Gasteiger partial charge in [-0.1, -0.05) is 0 Å². The summed E-state index contributed by atoms with van der Waals surface area (Å²) in [4.78, 5) is 28.6. The fourth-order valence-corrected chi connectivity index (χ4v) is 1.64. The van der Waals surface area contributed by atoms with E-state index in [1.54, 1.807) is 5.51 Å². The van der Waals surface area contributed by atoms with E-state index in [1.807, 2.05) is 0 Å². The second kappa shape index (κ2) is 2.67. The molecule has 0 aliphatic rings. The number of rotatable bonds is 1. The van der Waals surface area contributed by atoms with Crippen LogP contribution in [-0.2, 0) is 0 Å². The summed E-state index contributed by atoms with van der Waals surface area (Å²) in [5, 5.41) is 8.62. The molecule has 2 N–H and O–H groups in total. The highest BCUT2D eigenvalue weighted by molar-refractivity contribution is 7.16. The van der Waals surface area contributed by atoms with Crippen LogP contribution < -0.4 is 5.56 Å². The van der Waals surface area contributed by atoms with Crippen molar-refractivity contribution in [1.82, 2.24) is 9.97 Å². The summed E-state index contributed by atoms with van der Waals surface area (Å²) < 4.78 is 0. The Morgan fingerprint density at radius 1 is 1.62 bits per heavy atom. The number of H-pyrrole nitrogens is 1. The lowest BCUT2D eigenvalue weighted by Crippen LogP contribution is -2.16. The highest BCUT2D eigenvalue weighted by Crippen LogP contribution is 2.13. The van der Waals surface area contributed by atoms with Gasteiger partial charge in [-0.25, -0.2) is 9.78 Å². The Labute approximate surface area is 75.7 Å². The lowest BCUT2D eigenvalue weighted by Gasteiger charge is -1.91. The molecular formula is C7H4N2O3S. The summed E-state index contributed by atoms with van der Waals surface area (Å²) in [7, 11) is 0. The Balaban J connectivity index is 2.84. The molecule has 13 heavy (non-hydrogen) atoms. The summed E-state index contributed by atoms with van der Waals surface area (Å²) in [6.45, 7) is 0. The number of hydrogen-bond donors (Lipinski definition) is 2. The smallest absolute Gasteiger partial charge is 0.341 e. The molecule has 0 amide bonds. The normalized spacial score (nSPS) is 10.5. The van der Waals surface area contributed by atoms with Crippen LogP contribution in [0.25, 0.3) is 10.3 Å². The van der Waals surface area contributed by atoms with Gasteiger partial charge < -0.3 is 10.1 Å². The Hall–Kier alpha value is -1.69. The second-order valence-corrected chi connectivity index (χ2v) is 3.24. The van der Waals surface area contributed by atoms with Gasteiger partial charge in [-0.2, -0.15) is 0 Å². The van der Waals surface area contributed by atoms with Gasteiger partial charge in [0.15, 0.2) is 0 Å². The van der Waals surface area contributed by atoms with Crippen molar-refractivity contribution in [2.24, 2.45) is 0 Å². The van der Waals surface area contributed by atoms with Crippen molar-refractivity contribution in [3.63, 3.8) is 0 Å². The molecule has 0 saturated heterocycles. The predicted octanol–water partition coefficient (Wildman–Crippen LogP) is 0.683. The minimum absolute atomic E-state index is 0.279. The maximum Gasteiger partial charge on any atom is 0.341 e. The van der Waals surface area contributed by atoms with Gasteiger partial charge in [-0.15, -0.1) is 11.3 Å². The molecular weight excluding hydrogens is 192 g/mol. The van der Waals surface area contributed by atoms with Crippen LogP contribution in [-0.4, -0.2) is 21.0 Å². The summed E-state index contributed by atoms with van der Waals surface area (Å²) in [5.41, 5.74) is 1.18. The molecule has 0 saturated carbocycles. The number of carboxylic acids is 1. The van der Waals surface area contributed by atoms with Crippen molar-refractivity contribution in [2.75, 3.05) is 0 Å². The third kappa shape index (κ3) is 1.20. The minimum Gasteiger partial charge on any atom is -0.477 e. The molecule has 2 aromatic rings. The minimum atomic E-state index is -1.24. The number of pyridine rings is 1. The zero-order valence-corrected chi connectivity index (χ0v) is 7.09. The highest BCUT2D eigenvalue weighted by atomic mass is 32.1. The molecule has 0 radical (unpaired) electrons. The third-order valence-corrected chi connectivity index (χ3v) is 2.34. The third-order valence-electron chi connectivity index (χ3n) is 1.58. The van der Waals surface area contributed by atoms with E-state index >= 15 is 0 Å². The maximum absolute atomic E-state index is 11.1. The Morgan fingerprint density at radius 2 is 2.38 bits per heavy atom. The molecule has 0 spiro atoms. The zero-order chi connectivity index (χ0) is 9.42. The number of fused-ring (bicyclic) bond motifs is 1. The van der Waals surface area contributed by atoms with Crippen molar-refractivity contribution in [3.8, 4) is 0 Å². The molecule has 6 heteroatoms. The van der Waals surface area contributed by atoms with E-state index in [2.05, 4.69) is 9.97 Å². The second-order valence-electron chi connectivity index (χ2n) is 2.38. The number of nitrogens with zero attached hydrogens (tertiary/aromatic N) is 1. The molecule has 66 valence electrons.